The predicted octanol–water partition coefficient (Wildman–Crippen LogP) is 7.31. The van der Waals surface area contributed by atoms with Gasteiger partial charge in [0.25, 0.3) is 0 Å². The molecule has 8 heteroatoms. The Hall–Kier alpha value is -1.90. The second-order valence-corrected chi connectivity index (χ2v) is 20.5. The highest BCUT2D eigenvalue weighted by Gasteiger charge is 2.42. The third-order valence-corrected chi connectivity index (χ3v) is 14.9. The zero-order valence-electron chi connectivity index (χ0n) is 27.6. The molecular formula is C34H57N3O4Si. The molecule has 7 nitrogen and oxygen atoms in total. The van der Waals surface area contributed by atoms with Crippen LogP contribution in [-0.2, 0) is 9.16 Å². The summed E-state index contributed by atoms with van der Waals surface area (Å²) >= 11 is 0. The highest BCUT2D eigenvalue weighted by molar-refractivity contribution is 6.74. The van der Waals surface area contributed by atoms with E-state index in [4.69, 9.17) is 14.9 Å². The minimum Gasteiger partial charge on any atom is -0.444 e. The van der Waals surface area contributed by atoms with Crippen LogP contribution < -0.4 is 5.73 Å². The van der Waals surface area contributed by atoms with Gasteiger partial charge in [-0.1, -0.05) is 32.9 Å². The third-order valence-electron chi connectivity index (χ3n) is 10.3. The molecule has 236 valence electrons. The van der Waals surface area contributed by atoms with Crippen molar-refractivity contribution in [1.82, 2.24) is 9.80 Å². The Kier molecular flexibility index (Phi) is 10.2. The smallest absolute Gasteiger partial charge is 0.410 e. The van der Waals surface area contributed by atoms with Gasteiger partial charge in [0.05, 0.1) is 0 Å². The number of ether oxygens (including phenoxy) is 1. The summed E-state index contributed by atoms with van der Waals surface area (Å²) in [5.41, 5.74) is 6.86. The highest BCUT2D eigenvalue weighted by atomic mass is 28.4. The predicted molar refractivity (Wildman–Crippen MR) is 172 cm³/mol. The van der Waals surface area contributed by atoms with Crippen LogP contribution in [0.1, 0.15) is 115 Å². The van der Waals surface area contributed by atoms with Crippen molar-refractivity contribution in [2.24, 2.45) is 11.7 Å². The molecule has 2 heterocycles. The van der Waals surface area contributed by atoms with Crippen molar-refractivity contribution < 1.29 is 18.8 Å². The van der Waals surface area contributed by atoms with E-state index in [1.165, 1.54) is 18.4 Å². The number of amides is 2. The second-order valence-electron chi connectivity index (χ2n) is 15.7. The molecule has 0 aromatic heterocycles. The Morgan fingerprint density at radius 3 is 2.14 bits per heavy atom. The van der Waals surface area contributed by atoms with Crippen LogP contribution in [0.3, 0.4) is 0 Å². The number of piperidine rings is 1. The maximum atomic E-state index is 13.4. The molecule has 3 atom stereocenters. The van der Waals surface area contributed by atoms with Crippen molar-refractivity contribution >= 4 is 20.3 Å². The lowest BCUT2D eigenvalue weighted by Gasteiger charge is -2.42. The van der Waals surface area contributed by atoms with E-state index in [1.54, 1.807) is 6.07 Å². The molecule has 2 bridgehead atoms. The molecule has 3 fully saturated rings. The zero-order chi connectivity index (χ0) is 30.9. The van der Waals surface area contributed by atoms with Crippen molar-refractivity contribution in [3.63, 3.8) is 0 Å². The Balaban J connectivity index is 1.35. The second kappa shape index (κ2) is 13.0. The fourth-order valence-electron chi connectivity index (χ4n) is 7.01. The summed E-state index contributed by atoms with van der Waals surface area (Å²) in [5.74, 6) is 0.566. The largest absolute Gasteiger partial charge is 0.444 e. The molecule has 1 aliphatic carbocycles. The fraction of sp³-hybridized carbons (Fsp3) is 0.765. The standard InChI is InChI=1S/C34H57N3O4Si/c1-33(2,3)40-32(39)36(23-24-12-16-30(17-13-24)41-42(7,8)34(4,5)6)18-19-37-28-14-15-29(37)22-27(21-28)25-10-9-11-26(20-25)31(35)38/h9-11,20,24,27-30H,12-19,21-23H2,1-8H3,(H2,35,38)/t24?,27?,28-,29+,30?. The van der Waals surface area contributed by atoms with Gasteiger partial charge in [-0.25, -0.2) is 4.79 Å². The summed E-state index contributed by atoms with van der Waals surface area (Å²) in [6, 6.07) is 8.90. The first-order valence-corrected chi connectivity index (χ1v) is 19.2. The quantitative estimate of drug-likeness (QED) is 0.301. The van der Waals surface area contributed by atoms with Gasteiger partial charge < -0.3 is 19.8 Å². The maximum Gasteiger partial charge on any atom is 0.410 e. The molecule has 4 rings (SSSR count). The number of nitrogens with zero attached hydrogens (tertiary/aromatic N) is 2. The summed E-state index contributed by atoms with van der Waals surface area (Å²) < 4.78 is 12.6. The van der Waals surface area contributed by atoms with E-state index in [-0.39, 0.29) is 17.0 Å². The SMILES string of the molecule is CC(C)(C)OC(=O)N(CCN1[C@@H]2CC[C@H]1CC(c1cccc(C(N)=O)c1)C2)CC1CCC(O[Si](C)(C)C(C)(C)C)CC1. The molecule has 2 N–H and O–H groups in total. The van der Waals surface area contributed by atoms with Crippen LogP contribution in [0.25, 0.3) is 0 Å². The number of nitrogens with two attached hydrogens (primary N) is 1. The van der Waals surface area contributed by atoms with Gasteiger partial charge in [-0.2, -0.15) is 0 Å². The van der Waals surface area contributed by atoms with Crippen molar-refractivity contribution in [1.29, 1.82) is 0 Å². The third kappa shape index (κ3) is 8.38. The lowest BCUT2D eigenvalue weighted by atomic mass is 9.84. The van der Waals surface area contributed by atoms with Crippen molar-refractivity contribution in [2.75, 3.05) is 19.6 Å². The Morgan fingerprint density at radius 1 is 0.976 bits per heavy atom. The van der Waals surface area contributed by atoms with Gasteiger partial charge >= 0.3 is 6.09 Å². The maximum absolute atomic E-state index is 13.4. The monoisotopic (exact) mass is 599 g/mol. The van der Waals surface area contributed by atoms with Gasteiger partial charge in [0.15, 0.2) is 8.32 Å². The first kappa shape index (κ1) is 33.0. The van der Waals surface area contributed by atoms with Gasteiger partial charge in [-0.05, 0) is 120 Å². The Labute approximate surface area is 256 Å². The minimum absolute atomic E-state index is 0.187. The van der Waals surface area contributed by atoms with E-state index < -0.39 is 13.9 Å². The number of benzene rings is 1. The molecule has 0 spiro atoms. The number of primary amides is 1. The van der Waals surface area contributed by atoms with E-state index in [1.807, 2.05) is 37.8 Å². The van der Waals surface area contributed by atoms with E-state index in [0.29, 0.717) is 42.1 Å². The van der Waals surface area contributed by atoms with Gasteiger partial charge in [0, 0.05) is 43.4 Å². The van der Waals surface area contributed by atoms with Gasteiger partial charge in [0.2, 0.25) is 5.91 Å². The van der Waals surface area contributed by atoms with Crippen molar-refractivity contribution in [3.8, 4) is 0 Å². The van der Waals surface area contributed by atoms with E-state index >= 15 is 0 Å². The number of fused-ring (bicyclic) bond motifs is 2. The average Bonchev–Trinajstić information content (AvgIpc) is 3.12. The summed E-state index contributed by atoms with van der Waals surface area (Å²) in [7, 11) is -1.78. The molecule has 1 unspecified atom stereocenters. The van der Waals surface area contributed by atoms with Crippen LogP contribution in [0, 0.1) is 5.92 Å². The van der Waals surface area contributed by atoms with Crippen molar-refractivity contribution in [2.45, 2.75) is 141 Å². The van der Waals surface area contributed by atoms with Crippen molar-refractivity contribution in [3.05, 3.63) is 35.4 Å². The Bertz CT molecular complexity index is 1070. The summed E-state index contributed by atoms with van der Waals surface area (Å²) in [6.45, 7) is 19.8. The van der Waals surface area contributed by atoms with E-state index in [9.17, 15) is 9.59 Å². The number of carbonyl (C=O) groups excluding carboxylic acids is 2. The molecule has 2 aliphatic heterocycles. The van der Waals surface area contributed by atoms with Crippen LogP contribution in [-0.4, -0.2) is 73.5 Å². The molecule has 2 amide bonds. The molecule has 0 radical (unpaired) electrons. The summed E-state index contributed by atoms with van der Waals surface area (Å²) in [4.78, 5) is 29.8. The van der Waals surface area contributed by atoms with Crippen LogP contribution >= 0.6 is 0 Å². The van der Waals surface area contributed by atoms with Crippen LogP contribution in [0.5, 0.6) is 0 Å². The Morgan fingerprint density at radius 2 is 1.60 bits per heavy atom. The average molecular weight is 600 g/mol. The lowest BCUT2D eigenvalue weighted by molar-refractivity contribution is 0.0139. The normalized spacial score (nSPS) is 27.1. The number of carbonyl (C=O) groups is 2. The minimum atomic E-state index is -1.78. The summed E-state index contributed by atoms with van der Waals surface area (Å²) in [5, 5.41) is 0.221. The molecule has 1 aromatic carbocycles. The highest BCUT2D eigenvalue weighted by Crippen LogP contribution is 2.43. The summed E-state index contributed by atoms with van der Waals surface area (Å²) in [6.07, 6.45) is 9.07. The van der Waals surface area contributed by atoms with Crippen LogP contribution in [0.2, 0.25) is 18.1 Å². The van der Waals surface area contributed by atoms with E-state index in [2.05, 4.69) is 44.8 Å². The molecule has 1 saturated carbocycles. The topological polar surface area (TPSA) is 85.1 Å². The van der Waals surface area contributed by atoms with Gasteiger partial charge in [-0.3, -0.25) is 9.69 Å². The van der Waals surface area contributed by atoms with Gasteiger partial charge in [-0.15, -0.1) is 0 Å². The van der Waals surface area contributed by atoms with E-state index in [0.717, 1.165) is 51.6 Å². The molecule has 2 saturated heterocycles. The van der Waals surface area contributed by atoms with Crippen LogP contribution in [0.4, 0.5) is 4.79 Å². The number of rotatable bonds is 9. The fourth-order valence-corrected chi connectivity index (χ4v) is 8.44. The molecular weight excluding hydrogens is 542 g/mol. The first-order chi connectivity index (χ1) is 19.5. The molecule has 42 heavy (non-hydrogen) atoms. The lowest BCUT2D eigenvalue weighted by Crippen LogP contribution is -2.49. The van der Waals surface area contributed by atoms with Gasteiger partial charge in [0.1, 0.15) is 5.60 Å². The zero-order valence-corrected chi connectivity index (χ0v) is 28.6. The molecule has 3 aliphatic rings. The van der Waals surface area contributed by atoms with Crippen LogP contribution in [0.15, 0.2) is 24.3 Å². The number of hydrogen-bond acceptors (Lipinski definition) is 5. The molecule has 1 aromatic rings. The number of hydrogen-bond donors (Lipinski definition) is 1. The first-order valence-electron chi connectivity index (χ1n) is 16.3.